The Morgan fingerprint density at radius 1 is 1.04 bits per heavy atom. The monoisotopic (exact) mass is 306 g/mol. The van der Waals surface area contributed by atoms with Crippen LogP contribution in [0.15, 0.2) is 47.4 Å². The van der Waals surface area contributed by atoms with Crippen LogP contribution in [0, 0.1) is 0 Å². The van der Waals surface area contributed by atoms with Gasteiger partial charge < -0.3 is 5.73 Å². The standard InChI is InChI=1S/C16H10N4O3/c17-14-13-9(15(22)19-16(13)23)7-12(21)20(14)11-5-1-4-10-8(11)3-2-6-18-10/h1-7H,17H2,(H,19,22,23). The molecule has 0 atom stereocenters. The molecule has 3 N–H and O–H groups in total. The van der Waals surface area contributed by atoms with Gasteiger partial charge in [0.2, 0.25) is 0 Å². The number of imide groups is 1. The van der Waals surface area contributed by atoms with E-state index in [2.05, 4.69) is 10.3 Å². The molecule has 0 unspecified atom stereocenters. The first kappa shape index (κ1) is 13.2. The number of hydrogen-bond donors (Lipinski definition) is 2. The van der Waals surface area contributed by atoms with Gasteiger partial charge in [-0.25, -0.2) is 0 Å². The lowest BCUT2D eigenvalue weighted by atomic mass is 10.1. The molecule has 7 heteroatoms. The van der Waals surface area contributed by atoms with E-state index >= 15 is 0 Å². The van der Waals surface area contributed by atoms with E-state index in [0.29, 0.717) is 16.6 Å². The van der Waals surface area contributed by atoms with Gasteiger partial charge in [-0.15, -0.1) is 0 Å². The fraction of sp³-hybridized carbons (Fsp3) is 0. The Kier molecular flexibility index (Phi) is 2.59. The number of pyridine rings is 2. The van der Waals surface area contributed by atoms with Crippen LogP contribution in [-0.4, -0.2) is 21.4 Å². The maximum atomic E-state index is 12.5. The van der Waals surface area contributed by atoms with Gasteiger partial charge in [0.25, 0.3) is 17.4 Å². The summed E-state index contributed by atoms with van der Waals surface area (Å²) >= 11 is 0. The number of aromatic nitrogens is 2. The number of fused-ring (bicyclic) bond motifs is 2. The summed E-state index contributed by atoms with van der Waals surface area (Å²) in [6.45, 7) is 0. The molecule has 7 nitrogen and oxygen atoms in total. The number of carbonyl (C=O) groups is 2. The van der Waals surface area contributed by atoms with Gasteiger partial charge in [-0.1, -0.05) is 6.07 Å². The number of nitrogens with two attached hydrogens (primary N) is 1. The number of nitrogen functional groups attached to an aromatic ring is 1. The maximum absolute atomic E-state index is 12.5. The summed E-state index contributed by atoms with van der Waals surface area (Å²) < 4.78 is 1.22. The maximum Gasteiger partial charge on any atom is 0.262 e. The van der Waals surface area contributed by atoms with Gasteiger partial charge in [0, 0.05) is 17.6 Å². The molecule has 0 spiro atoms. The molecule has 4 rings (SSSR count). The average Bonchev–Trinajstić information content (AvgIpc) is 2.82. The van der Waals surface area contributed by atoms with Crippen molar-refractivity contribution in [2.45, 2.75) is 0 Å². The lowest BCUT2D eigenvalue weighted by Crippen LogP contribution is -2.24. The number of rotatable bonds is 1. The third-order valence-electron chi connectivity index (χ3n) is 3.82. The number of nitrogens with zero attached hydrogens (tertiary/aromatic N) is 2. The van der Waals surface area contributed by atoms with Crippen molar-refractivity contribution >= 4 is 28.5 Å². The lowest BCUT2D eigenvalue weighted by Gasteiger charge is -2.13. The van der Waals surface area contributed by atoms with Gasteiger partial charge in [-0.05, 0) is 24.3 Å². The molecule has 3 heterocycles. The summed E-state index contributed by atoms with van der Waals surface area (Å²) in [5.41, 5.74) is 6.79. The molecule has 1 aromatic carbocycles. The van der Waals surface area contributed by atoms with E-state index in [1.54, 1.807) is 24.4 Å². The van der Waals surface area contributed by atoms with E-state index in [4.69, 9.17) is 5.73 Å². The largest absolute Gasteiger partial charge is 0.384 e. The summed E-state index contributed by atoms with van der Waals surface area (Å²) in [6, 6.07) is 9.95. The van der Waals surface area contributed by atoms with Crippen molar-refractivity contribution in [2.75, 3.05) is 5.73 Å². The normalized spacial score (nSPS) is 13.2. The number of anilines is 1. The van der Waals surface area contributed by atoms with Gasteiger partial charge in [-0.3, -0.25) is 29.3 Å². The van der Waals surface area contributed by atoms with Gasteiger partial charge in [0.05, 0.1) is 22.3 Å². The fourth-order valence-corrected chi connectivity index (χ4v) is 2.81. The van der Waals surface area contributed by atoms with Crippen LogP contribution in [0.2, 0.25) is 0 Å². The van der Waals surface area contributed by atoms with Gasteiger partial charge in [0.1, 0.15) is 5.82 Å². The molecule has 112 valence electrons. The highest BCUT2D eigenvalue weighted by Gasteiger charge is 2.32. The predicted molar refractivity (Wildman–Crippen MR) is 83.5 cm³/mol. The number of nitrogens with one attached hydrogen (secondary N) is 1. The highest BCUT2D eigenvalue weighted by molar-refractivity contribution is 6.23. The molecule has 0 bridgehead atoms. The lowest BCUT2D eigenvalue weighted by molar-refractivity contribution is 0.0880. The Morgan fingerprint density at radius 3 is 2.70 bits per heavy atom. The van der Waals surface area contributed by atoms with Crippen LogP contribution < -0.4 is 16.6 Å². The molecule has 1 aliphatic rings. The third kappa shape index (κ3) is 1.76. The summed E-state index contributed by atoms with van der Waals surface area (Å²) in [4.78, 5) is 40.3. The SMILES string of the molecule is Nc1c2c(cc(=O)n1-c1cccc3ncccc13)C(=O)NC2=O. The van der Waals surface area contributed by atoms with E-state index in [-0.39, 0.29) is 16.9 Å². The number of benzene rings is 1. The summed E-state index contributed by atoms with van der Waals surface area (Å²) in [6.07, 6.45) is 1.65. The number of hydrogen-bond acceptors (Lipinski definition) is 5. The highest BCUT2D eigenvalue weighted by Crippen LogP contribution is 2.26. The molecule has 0 saturated heterocycles. The Balaban J connectivity index is 2.11. The quantitative estimate of drug-likeness (QED) is 0.648. The molecule has 2 aromatic heterocycles. The van der Waals surface area contributed by atoms with Crippen LogP contribution in [0.4, 0.5) is 5.82 Å². The Morgan fingerprint density at radius 2 is 1.87 bits per heavy atom. The number of carbonyl (C=O) groups excluding carboxylic acids is 2. The molecule has 1 aliphatic heterocycles. The Labute approximate surface area is 129 Å². The number of amides is 2. The van der Waals surface area contributed by atoms with Crippen LogP contribution in [0.3, 0.4) is 0 Å². The second-order valence-electron chi connectivity index (χ2n) is 5.12. The van der Waals surface area contributed by atoms with Crippen molar-refractivity contribution in [2.24, 2.45) is 0 Å². The van der Waals surface area contributed by atoms with Crippen LogP contribution >= 0.6 is 0 Å². The summed E-state index contributed by atoms with van der Waals surface area (Å²) in [5.74, 6) is -1.28. The summed E-state index contributed by atoms with van der Waals surface area (Å²) in [7, 11) is 0. The molecule has 0 radical (unpaired) electrons. The molecule has 2 amide bonds. The van der Waals surface area contributed by atoms with Crippen molar-refractivity contribution in [3.63, 3.8) is 0 Å². The summed E-state index contributed by atoms with van der Waals surface area (Å²) in [5, 5.41) is 2.86. The van der Waals surface area contributed by atoms with Gasteiger partial charge in [0.15, 0.2) is 0 Å². The zero-order valence-corrected chi connectivity index (χ0v) is 11.7. The first-order valence-electron chi connectivity index (χ1n) is 6.83. The van der Waals surface area contributed by atoms with Crippen molar-refractivity contribution in [3.05, 3.63) is 64.1 Å². The van der Waals surface area contributed by atoms with Crippen LogP contribution in [0.25, 0.3) is 16.6 Å². The minimum atomic E-state index is -0.611. The van der Waals surface area contributed by atoms with E-state index in [9.17, 15) is 14.4 Å². The second-order valence-corrected chi connectivity index (χ2v) is 5.12. The average molecular weight is 306 g/mol. The van der Waals surface area contributed by atoms with Crippen LogP contribution in [0.5, 0.6) is 0 Å². The van der Waals surface area contributed by atoms with Crippen molar-refractivity contribution in [1.29, 1.82) is 0 Å². The minimum absolute atomic E-state index is 0.00658. The third-order valence-corrected chi connectivity index (χ3v) is 3.82. The molecule has 23 heavy (non-hydrogen) atoms. The Hall–Kier alpha value is -3.48. The molecule has 0 saturated carbocycles. The minimum Gasteiger partial charge on any atom is -0.384 e. The smallest absolute Gasteiger partial charge is 0.262 e. The zero-order chi connectivity index (χ0) is 16.1. The van der Waals surface area contributed by atoms with Gasteiger partial charge in [-0.2, -0.15) is 0 Å². The second kappa shape index (κ2) is 4.51. The van der Waals surface area contributed by atoms with E-state index in [1.165, 1.54) is 4.57 Å². The van der Waals surface area contributed by atoms with E-state index in [1.807, 2.05) is 12.1 Å². The molecular weight excluding hydrogens is 296 g/mol. The molecular formula is C16H10N4O3. The molecule has 0 aliphatic carbocycles. The van der Waals surface area contributed by atoms with Crippen LogP contribution in [-0.2, 0) is 0 Å². The topological polar surface area (TPSA) is 107 Å². The highest BCUT2D eigenvalue weighted by atomic mass is 16.2. The first-order valence-corrected chi connectivity index (χ1v) is 6.83. The molecule has 3 aromatic rings. The fourth-order valence-electron chi connectivity index (χ4n) is 2.81. The van der Waals surface area contributed by atoms with Crippen molar-refractivity contribution in [3.8, 4) is 5.69 Å². The van der Waals surface area contributed by atoms with Crippen LogP contribution in [0.1, 0.15) is 20.7 Å². The first-order chi connectivity index (χ1) is 11.1. The van der Waals surface area contributed by atoms with E-state index in [0.717, 1.165) is 6.07 Å². The van der Waals surface area contributed by atoms with Crippen molar-refractivity contribution in [1.82, 2.24) is 14.9 Å². The predicted octanol–water partition coefficient (Wildman–Crippen LogP) is 0.851. The van der Waals surface area contributed by atoms with Gasteiger partial charge >= 0.3 is 0 Å². The van der Waals surface area contributed by atoms with E-state index < -0.39 is 17.4 Å². The molecule has 0 fully saturated rings. The van der Waals surface area contributed by atoms with Crippen molar-refractivity contribution < 1.29 is 9.59 Å². The Bertz CT molecular complexity index is 1060. The zero-order valence-electron chi connectivity index (χ0n) is 11.7.